The highest BCUT2D eigenvalue weighted by molar-refractivity contribution is 5.93. The molecule has 0 bridgehead atoms. The summed E-state index contributed by atoms with van der Waals surface area (Å²) in [5.41, 5.74) is 22.9. The fraction of sp³-hybridized carbons (Fsp3) is 0.153. The van der Waals surface area contributed by atoms with E-state index in [9.17, 15) is 0 Å². The Labute approximate surface area is 523 Å². The van der Waals surface area contributed by atoms with Crippen LogP contribution in [0.25, 0.3) is 47.6 Å². The van der Waals surface area contributed by atoms with Crippen molar-refractivity contribution in [2.75, 3.05) is 14.7 Å². The maximum atomic E-state index is 2.57. The molecular formula is C85H79N3. The molecule has 12 rings (SSSR count). The highest BCUT2D eigenvalue weighted by Gasteiger charge is 2.43. The number of rotatable bonds is 25. The summed E-state index contributed by atoms with van der Waals surface area (Å²) in [5.74, 6) is 0. The van der Waals surface area contributed by atoms with E-state index in [0.717, 1.165) is 75.2 Å². The first-order valence-corrected chi connectivity index (χ1v) is 31.9. The standard InChI is InChI=1S/C85H79N3/c1-3-5-7-27-61-85(62-28-8-6-4-2)82-64-69(43-41-66-46-54-78(55-47-66)86(72-29-15-9-16-30-72)73-31-17-10-18-32-73)52-60-81(82)84-71(53-45-68-50-58-80(59-51-68)88(76-37-23-13-24-38-76)77-39-25-14-26-40-77)63-70(65-83(84)85)44-42-67-48-56-79(57-49-67)87(74-33-19-11-20-34-74)75-35-21-12-22-36-75/h9-26,29-60,63-65H,3-8,27-28,61-62H2,1-2H3/b43-41+,44-42+,53-45+. The quantitative estimate of drug-likeness (QED) is 0.0417. The van der Waals surface area contributed by atoms with Crippen molar-refractivity contribution in [3.05, 3.63) is 330 Å². The molecule has 1 aliphatic carbocycles. The van der Waals surface area contributed by atoms with Crippen LogP contribution in [0, 0.1) is 0 Å². The van der Waals surface area contributed by atoms with Gasteiger partial charge in [0.1, 0.15) is 0 Å². The van der Waals surface area contributed by atoms with Gasteiger partial charge in [-0.1, -0.05) is 272 Å². The van der Waals surface area contributed by atoms with Crippen molar-refractivity contribution in [3.8, 4) is 11.1 Å². The van der Waals surface area contributed by atoms with Crippen molar-refractivity contribution in [2.24, 2.45) is 0 Å². The molecule has 0 aliphatic heterocycles. The summed E-state index contributed by atoms with van der Waals surface area (Å²) in [6.45, 7) is 4.66. The molecular weight excluding hydrogens is 1060 g/mol. The van der Waals surface area contributed by atoms with Crippen LogP contribution in [0.2, 0.25) is 0 Å². The van der Waals surface area contributed by atoms with Crippen LogP contribution < -0.4 is 14.7 Å². The Morgan fingerprint density at radius 2 is 0.557 bits per heavy atom. The number of hydrogen-bond donors (Lipinski definition) is 0. The Kier molecular flexibility index (Phi) is 18.9. The second-order valence-corrected chi connectivity index (χ2v) is 23.3. The summed E-state index contributed by atoms with van der Waals surface area (Å²) < 4.78 is 0. The number of anilines is 9. The van der Waals surface area contributed by atoms with Crippen LogP contribution in [-0.2, 0) is 5.41 Å². The summed E-state index contributed by atoms with van der Waals surface area (Å²) in [7, 11) is 0. The molecule has 3 heteroatoms. The van der Waals surface area contributed by atoms with Crippen LogP contribution in [0.4, 0.5) is 51.2 Å². The largest absolute Gasteiger partial charge is 0.311 e. The molecule has 0 N–H and O–H groups in total. The molecule has 0 radical (unpaired) electrons. The zero-order valence-electron chi connectivity index (χ0n) is 51.0. The summed E-state index contributed by atoms with van der Waals surface area (Å²) in [5, 5.41) is 0. The van der Waals surface area contributed by atoms with Crippen LogP contribution in [0.5, 0.6) is 0 Å². The topological polar surface area (TPSA) is 9.72 Å². The Morgan fingerprint density at radius 3 is 0.909 bits per heavy atom. The lowest BCUT2D eigenvalue weighted by molar-refractivity contribution is 0.401. The van der Waals surface area contributed by atoms with Crippen molar-refractivity contribution in [1.29, 1.82) is 0 Å². The smallest absolute Gasteiger partial charge is 0.0462 e. The van der Waals surface area contributed by atoms with Gasteiger partial charge in [-0.3, -0.25) is 0 Å². The maximum absolute atomic E-state index is 2.57. The minimum Gasteiger partial charge on any atom is -0.311 e. The van der Waals surface area contributed by atoms with Gasteiger partial charge in [-0.05, 0) is 184 Å². The molecule has 0 atom stereocenters. The van der Waals surface area contributed by atoms with Gasteiger partial charge < -0.3 is 14.7 Å². The predicted molar refractivity (Wildman–Crippen MR) is 380 cm³/mol. The molecule has 0 heterocycles. The molecule has 11 aromatic rings. The molecule has 0 amide bonds. The molecule has 434 valence electrons. The first-order chi connectivity index (χ1) is 43.5. The average Bonchev–Trinajstić information content (AvgIpc) is 1.61. The first kappa shape index (κ1) is 58.4. The van der Waals surface area contributed by atoms with E-state index in [1.165, 1.54) is 95.9 Å². The fourth-order valence-corrected chi connectivity index (χ4v) is 13.0. The van der Waals surface area contributed by atoms with Crippen LogP contribution >= 0.6 is 0 Å². The van der Waals surface area contributed by atoms with Gasteiger partial charge in [0.05, 0.1) is 0 Å². The van der Waals surface area contributed by atoms with Gasteiger partial charge in [0.25, 0.3) is 0 Å². The van der Waals surface area contributed by atoms with E-state index in [2.05, 4.69) is 350 Å². The zero-order valence-corrected chi connectivity index (χ0v) is 51.0. The Morgan fingerprint density at radius 1 is 0.261 bits per heavy atom. The summed E-state index contributed by atoms with van der Waals surface area (Å²) in [6, 6.07) is 103. The second kappa shape index (κ2) is 28.5. The van der Waals surface area contributed by atoms with E-state index >= 15 is 0 Å². The first-order valence-electron chi connectivity index (χ1n) is 31.9. The molecule has 0 saturated heterocycles. The minimum atomic E-state index is -0.150. The average molecular weight is 1140 g/mol. The molecule has 0 spiro atoms. The van der Waals surface area contributed by atoms with E-state index in [1.807, 2.05) is 0 Å². The fourth-order valence-electron chi connectivity index (χ4n) is 13.0. The van der Waals surface area contributed by atoms with Gasteiger partial charge in [-0.15, -0.1) is 0 Å². The van der Waals surface area contributed by atoms with E-state index in [-0.39, 0.29) is 5.41 Å². The third-order valence-electron chi connectivity index (χ3n) is 17.4. The molecule has 3 nitrogen and oxygen atoms in total. The van der Waals surface area contributed by atoms with Crippen molar-refractivity contribution in [1.82, 2.24) is 0 Å². The zero-order chi connectivity index (χ0) is 59.7. The number of hydrogen-bond acceptors (Lipinski definition) is 3. The predicted octanol–water partition coefficient (Wildman–Crippen LogP) is 24.8. The highest BCUT2D eigenvalue weighted by atomic mass is 15.2. The molecule has 0 saturated carbocycles. The van der Waals surface area contributed by atoms with Crippen LogP contribution in [0.15, 0.2) is 285 Å². The van der Waals surface area contributed by atoms with Gasteiger partial charge in [0.15, 0.2) is 0 Å². The van der Waals surface area contributed by atoms with Gasteiger partial charge in [0, 0.05) is 56.6 Å². The minimum absolute atomic E-state index is 0.150. The number of fused-ring (bicyclic) bond motifs is 3. The third kappa shape index (κ3) is 13.5. The van der Waals surface area contributed by atoms with Gasteiger partial charge in [0.2, 0.25) is 0 Å². The van der Waals surface area contributed by atoms with Crippen LogP contribution in [-0.4, -0.2) is 0 Å². The molecule has 1 aliphatic rings. The molecule has 0 fully saturated rings. The highest BCUT2D eigenvalue weighted by Crippen LogP contribution is 2.56. The second-order valence-electron chi connectivity index (χ2n) is 23.3. The van der Waals surface area contributed by atoms with Crippen LogP contribution in [0.1, 0.15) is 123 Å². The Hall–Kier alpha value is -9.96. The Balaban J connectivity index is 0.938. The lowest BCUT2D eigenvalue weighted by atomic mass is 9.70. The van der Waals surface area contributed by atoms with Crippen molar-refractivity contribution in [2.45, 2.75) is 83.5 Å². The molecule has 88 heavy (non-hydrogen) atoms. The SMILES string of the molecule is CCCCCCC1(CCCCCC)c2cc(/C=C/c3ccc(N(c4ccccc4)c4ccccc4)cc3)ccc2-c2c(/C=C/c3ccc(N(c4ccccc4)c4ccccc4)cc3)cc(/C=C/c3ccc(N(c4ccccc4)c4ccccc4)cc3)cc21. The molecule has 11 aromatic carbocycles. The normalized spacial score (nSPS) is 12.4. The van der Waals surface area contributed by atoms with E-state index in [1.54, 1.807) is 0 Å². The monoisotopic (exact) mass is 1140 g/mol. The van der Waals surface area contributed by atoms with E-state index in [0.29, 0.717) is 0 Å². The lowest BCUT2D eigenvalue weighted by Crippen LogP contribution is -2.26. The van der Waals surface area contributed by atoms with E-state index in [4.69, 9.17) is 0 Å². The van der Waals surface area contributed by atoms with Gasteiger partial charge in [-0.2, -0.15) is 0 Å². The van der Waals surface area contributed by atoms with Crippen molar-refractivity contribution in [3.63, 3.8) is 0 Å². The van der Waals surface area contributed by atoms with Gasteiger partial charge >= 0.3 is 0 Å². The number of nitrogens with zero attached hydrogens (tertiary/aromatic N) is 3. The summed E-state index contributed by atoms with van der Waals surface area (Å²) in [4.78, 5) is 6.98. The number of para-hydroxylation sites is 6. The third-order valence-corrected chi connectivity index (χ3v) is 17.4. The van der Waals surface area contributed by atoms with Gasteiger partial charge in [-0.25, -0.2) is 0 Å². The maximum Gasteiger partial charge on any atom is 0.0462 e. The molecule has 0 aromatic heterocycles. The lowest BCUT2D eigenvalue weighted by Gasteiger charge is -2.33. The number of benzene rings is 11. The van der Waals surface area contributed by atoms with E-state index < -0.39 is 0 Å². The number of unbranched alkanes of at least 4 members (excludes halogenated alkanes) is 6. The summed E-state index contributed by atoms with van der Waals surface area (Å²) in [6.07, 6.45) is 26.0. The molecule has 0 unspecified atom stereocenters. The van der Waals surface area contributed by atoms with Crippen molar-refractivity contribution < 1.29 is 0 Å². The van der Waals surface area contributed by atoms with Crippen molar-refractivity contribution >= 4 is 87.6 Å². The summed E-state index contributed by atoms with van der Waals surface area (Å²) >= 11 is 0. The van der Waals surface area contributed by atoms with Crippen LogP contribution in [0.3, 0.4) is 0 Å². The Bertz CT molecular complexity index is 3930.